The average Bonchev–Trinajstić information content (AvgIpc) is 2.65. The molecule has 0 spiro atoms. The third kappa shape index (κ3) is 2.46. The fraction of sp³-hybridized carbons (Fsp3) is 0.545. The van der Waals surface area contributed by atoms with Crippen LogP contribution in [0.5, 0.6) is 0 Å². The third-order valence-corrected chi connectivity index (χ3v) is 2.36. The van der Waals surface area contributed by atoms with E-state index in [2.05, 4.69) is 9.84 Å². The van der Waals surface area contributed by atoms with Crippen LogP contribution < -0.4 is 0 Å². The number of carbonyl (C=O) groups excluding carboxylic acids is 2. The van der Waals surface area contributed by atoms with E-state index in [4.69, 9.17) is 4.74 Å². The number of esters is 2. The molecule has 94 valence electrons. The van der Waals surface area contributed by atoms with Crippen LogP contribution in [0.3, 0.4) is 0 Å². The second kappa shape index (κ2) is 5.47. The molecule has 0 atom stereocenters. The van der Waals surface area contributed by atoms with Crippen molar-refractivity contribution in [2.45, 2.75) is 27.3 Å². The first-order valence-corrected chi connectivity index (χ1v) is 5.39. The Balaban J connectivity index is 3.28. The first kappa shape index (κ1) is 13.2. The summed E-state index contributed by atoms with van der Waals surface area (Å²) >= 11 is 0. The Morgan fingerprint density at radius 3 is 2.41 bits per heavy atom. The molecule has 0 saturated carbocycles. The molecule has 0 aliphatic carbocycles. The molecule has 0 N–H and O–H groups in total. The molecule has 0 aliphatic heterocycles. The Hall–Kier alpha value is -1.85. The summed E-state index contributed by atoms with van der Waals surface area (Å²) in [4.78, 5) is 23.3. The van der Waals surface area contributed by atoms with Crippen LogP contribution in [0.15, 0.2) is 0 Å². The van der Waals surface area contributed by atoms with Gasteiger partial charge in [-0.15, -0.1) is 0 Å². The first-order valence-electron chi connectivity index (χ1n) is 5.39. The van der Waals surface area contributed by atoms with Gasteiger partial charge in [0.1, 0.15) is 5.56 Å². The Morgan fingerprint density at radius 1 is 1.29 bits per heavy atom. The van der Waals surface area contributed by atoms with Crippen molar-refractivity contribution >= 4 is 11.9 Å². The quantitative estimate of drug-likeness (QED) is 0.739. The summed E-state index contributed by atoms with van der Waals surface area (Å²) in [6.45, 7) is 6.08. The van der Waals surface area contributed by atoms with Crippen molar-refractivity contribution in [1.29, 1.82) is 0 Å². The topological polar surface area (TPSA) is 70.4 Å². The maximum Gasteiger partial charge on any atom is 0.359 e. The Morgan fingerprint density at radius 2 is 1.94 bits per heavy atom. The van der Waals surface area contributed by atoms with Crippen molar-refractivity contribution in [3.05, 3.63) is 17.0 Å². The van der Waals surface area contributed by atoms with E-state index in [1.54, 1.807) is 18.5 Å². The summed E-state index contributed by atoms with van der Waals surface area (Å²) in [5, 5.41) is 4.06. The molecule has 0 aromatic carbocycles. The minimum atomic E-state index is -0.608. The zero-order valence-electron chi connectivity index (χ0n) is 10.4. The van der Waals surface area contributed by atoms with E-state index in [0.29, 0.717) is 12.2 Å². The zero-order chi connectivity index (χ0) is 13.0. The number of aryl methyl sites for hydroxylation is 1. The van der Waals surface area contributed by atoms with Crippen molar-refractivity contribution in [3.8, 4) is 0 Å². The number of aromatic nitrogens is 2. The molecule has 6 nitrogen and oxygen atoms in total. The minimum Gasteiger partial charge on any atom is -0.465 e. The van der Waals surface area contributed by atoms with Crippen LogP contribution in [0.4, 0.5) is 0 Å². The lowest BCUT2D eigenvalue weighted by Crippen LogP contribution is -2.12. The average molecular weight is 240 g/mol. The minimum absolute atomic E-state index is 0.0121. The number of hydrogen-bond donors (Lipinski definition) is 0. The standard InChI is InChI=1S/C11H16N2O4/c1-5-13-7(3)8(10(14)16-4)9(12-13)11(15)17-6-2/h5-6H2,1-4H3. The van der Waals surface area contributed by atoms with Crippen LogP contribution in [0, 0.1) is 6.92 Å². The monoisotopic (exact) mass is 240 g/mol. The van der Waals surface area contributed by atoms with Crippen molar-refractivity contribution in [2.24, 2.45) is 0 Å². The zero-order valence-corrected chi connectivity index (χ0v) is 10.4. The predicted octanol–water partition coefficient (Wildman–Crippen LogP) is 1.17. The largest absolute Gasteiger partial charge is 0.465 e. The Labute approximate surface area is 99.5 Å². The van der Waals surface area contributed by atoms with Gasteiger partial charge in [-0.3, -0.25) is 4.68 Å². The van der Waals surface area contributed by atoms with Gasteiger partial charge in [-0.25, -0.2) is 9.59 Å². The van der Waals surface area contributed by atoms with Gasteiger partial charge in [0.15, 0.2) is 5.69 Å². The summed E-state index contributed by atoms with van der Waals surface area (Å²) in [5.41, 5.74) is 0.785. The molecule has 1 rings (SSSR count). The fourth-order valence-corrected chi connectivity index (χ4v) is 1.54. The van der Waals surface area contributed by atoms with Crippen molar-refractivity contribution in [1.82, 2.24) is 9.78 Å². The van der Waals surface area contributed by atoms with E-state index in [9.17, 15) is 9.59 Å². The van der Waals surface area contributed by atoms with Gasteiger partial charge in [0.25, 0.3) is 0 Å². The van der Waals surface area contributed by atoms with Crippen molar-refractivity contribution in [3.63, 3.8) is 0 Å². The SMILES string of the molecule is CCOC(=O)c1nn(CC)c(C)c1C(=O)OC. The second-order valence-corrected chi connectivity index (χ2v) is 3.34. The molecule has 0 aliphatic rings. The summed E-state index contributed by atoms with van der Waals surface area (Å²) in [5.74, 6) is -1.19. The maximum atomic E-state index is 11.7. The molecule has 0 saturated heterocycles. The molecular formula is C11H16N2O4. The number of methoxy groups -OCH3 is 1. The molecule has 0 radical (unpaired) electrons. The third-order valence-electron chi connectivity index (χ3n) is 2.36. The van der Waals surface area contributed by atoms with Gasteiger partial charge in [0.05, 0.1) is 19.4 Å². The number of ether oxygens (including phenoxy) is 2. The number of rotatable bonds is 4. The van der Waals surface area contributed by atoms with E-state index < -0.39 is 11.9 Å². The molecule has 1 aromatic rings. The normalized spacial score (nSPS) is 10.1. The molecule has 0 bridgehead atoms. The van der Waals surface area contributed by atoms with E-state index in [1.165, 1.54) is 7.11 Å². The summed E-state index contributed by atoms with van der Waals surface area (Å²) in [6.07, 6.45) is 0. The fourth-order valence-electron chi connectivity index (χ4n) is 1.54. The van der Waals surface area contributed by atoms with Crippen LogP contribution in [0.25, 0.3) is 0 Å². The lowest BCUT2D eigenvalue weighted by Gasteiger charge is -2.01. The van der Waals surface area contributed by atoms with Gasteiger partial charge in [-0.05, 0) is 20.8 Å². The first-order chi connectivity index (χ1) is 8.06. The van der Waals surface area contributed by atoms with Gasteiger partial charge in [-0.2, -0.15) is 5.10 Å². The number of hydrogen-bond acceptors (Lipinski definition) is 5. The molecule has 0 amide bonds. The summed E-state index contributed by atoms with van der Waals surface area (Å²) < 4.78 is 11.1. The molecular weight excluding hydrogens is 224 g/mol. The smallest absolute Gasteiger partial charge is 0.359 e. The Kier molecular flexibility index (Phi) is 4.25. The molecule has 6 heteroatoms. The van der Waals surface area contributed by atoms with E-state index in [-0.39, 0.29) is 17.9 Å². The molecule has 0 fully saturated rings. The van der Waals surface area contributed by atoms with Crippen molar-refractivity contribution < 1.29 is 19.1 Å². The van der Waals surface area contributed by atoms with Gasteiger partial charge in [0, 0.05) is 6.54 Å². The van der Waals surface area contributed by atoms with Gasteiger partial charge >= 0.3 is 11.9 Å². The predicted molar refractivity (Wildman–Crippen MR) is 59.9 cm³/mol. The molecule has 1 heterocycles. The second-order valence-electron chi connectivity index (χ2n) is 3.34. The van der Waals surface area contributed by atoms with Crippen LogP contribution in [0.2, 0.25) is 0 Å². The van der Waals surface area contributed by atoms with Crippen LogP contribution in [-0.4, -0.2) is 35.4 Å². The van der Waals surface area contributed by atoms with Crippen LogP contribution in [-0.2, 0) is 16.0 Å². The van der Waals surface area contributed by atoms with E-state index >= 15 is 0 Å². The lowest BCUT2D eigenvalue weighted by molar-refractivity contribution is 0.0497. The lowest BCUT2D eigenvalue weighted by atomic mass is 10.2. The van der Waals surface area contributed by atoms with Crippen molar-refractivity contribution in [2.75, 3.05) is 13.7 Å². The highest BCUT2D eigenvalue weighted by Crippen LogP contribution is 2.16. The molecule has 17 heavy (non-hydrogen) atoms. The van der Waals surface area contributed by atoms with Gasteiger partial charge in [-0.1, -0.05) is 0 Å². The molecule has 1 aromatic heterocycles. The highest BCUT2D eigenvalue weighted by molar-refractivity contribution is 6.02. The highest BCUT2D eigenvalue weighted by Gasteiger charge is 2.26. The number of nitrogens with zero attached hydrogens (tertiary/aromatic N) is 2. The van der Waals surface area contributed by atoms with E-state index in [1.807, 2.05) is 6.92 Å². The van der Waals surface area contributed by atoms with Gasteiger partial charge < -0.3 is 9.47 Å². The Bertz CT molecular complexity index is 437. The summed E-state index contributed by atoms with van der Waals surface area (Å²) in [7, 11) is 1.26. The molecule has 0 unspecified atom stereocenters. The van der Waals surface area contributed by atoms with Crippen LogP contribution in [0.1, 0.15) is 40.4 Å². The van der Waals surface area contributed by atoms with Gasteiger partial charge in [0.2, 0.25) is 0 Å². The van der Waals surface area contributed by atoms with E-state index in [0.717, 1.165) is 0 Å². The summed E-state index contributed by atoms with van der Waals surface area (Å²) in [6, 6.07) is 0. The van der Waals surface area contributed by atoms with Crippen LogP contribution >= 0.6 is 0 Å². The maximum absolute atomic E-state index is 11.7. The highest BCUT2D eigenvalue weighted by atomic mass is 16.5. The number of carbonyl (C=O) groups is 2.